The van der Waals surface area contributed by atoms with Crippen LogP contribution >= 0.6 is 22.9 Å². The van der Waals surface area contributed by atoms with E-state index in [1.807, 2.05) is 53.9 Å². The summed E-state index contributed by atoms with van der Waals surface area (Å²) in [4.78, 5) is 16.6. The second kappa shape index (κ2) is 9.23. The van der Waals surface area contributed by atoms with Crippen LogP contribution in [0.25, 0.3) is 11.3 Å². The maximum Gasteiger partial charge on any atom is 0.319 e. The first-order chi connectivity index (χ1) is 14.2. The van der Waals surface area contributed by atoms with Gasteiger partial charge in [0.15, 0.2) is 5.13 Å². The van der Waals surface area contributed by atoms with Crippen LogP contribution in [0.3, 0.4) is 0 Å². The van der Waals surface area contributed by atoms with Crippen LogP contribution in [0.4, 0.5) is 21.3 Å². The minimum atomic E-state index is -0.207. The zero-order chi connectivity index (χ0) is 20.1. The van der Waals surface area contributed by atoms with Gasteiger partial charge in [-0.05, 0) is 30.3 Å². The average Bonchev–Trinajstić information content (AvgIpc) is 3.40. The van der Waals surface area contributed by atoms with Crippen LogP contribution in [0.2, 0.25) is 5.02 Å². The van der Waals surface area contributed by atoms with E-state index in [0.29, 0.717) is 17.5 Å². The van der Waals surface area contributed by atoms with E-state index in [-0.39, 0.29) is 6.03 Å². The molecule has 0 saturated carbocycles. The number of nitrogens with one attached hydrogen (secondary N) is 5. The summed E-state index contributed by atoms with van der Waals surface area (Å²) >= 11 is 7.76. The third kappa shape index (κ3) is 5.24. The van der Waals surface area contributed by atoms with Gasteiger partial charge in [-0.1, -0.05) is 29.8 Å². The van der Waals surface area contributed by atoms with Gasteiger partial charge in [0.25, 0.3) is 0 Å². The second-order valence-electron chi connectivity index (χ2n) is 6.68. The van der Waals surface area contributed by atoms with Crippen LogP contribution in [0.1, 0.15) is 0 Å². The van der Waals surface area contributed by atoms with Crippen molar-refractivity contribution in [2.24, 2.45) is 5.92 Å². The maximum atomic E-state index is 12.0. The lowest BCUT2D eigenvalue weighted by atomic mass is 10.2. The topological polar surface area (TPSA) is 90.1 Å². The van der Waals surface area contributed by atoms with Gasteiger partial charge in [-0.25, -0.2) is 9.78 Å². The van der Waals surface area contributed by atoms with E-state index in [1.165, 1.54) is 11.3 Å². The van der Waals surface area contributed by atoms with E-state index in [2.05, 4.69) is 31.8 Å². The fraction of sp³-hybridized carbons (Fsp3) is 0.200. The number of hydrazine groups is 1. The molecule has 0 radical (unpaired) electrons. The highest BCUT2D eigenvalue weighted by atomic mass is 35.5. The van der Waals surface area contributed by atoms with Gasteiger partial charge in [-0.3, -0.25) is 10.9 Å². The molecule has 29 heavy (non-hydrogen) atoms. The Morgan fingerprint density at radius 3 is 2.59 bits per heavy atom. The number of nitrogens with zero attached hydrogens (tertiary/aromatic N) is 1. The number of hydrogen-bond acceptors (Lipinski definition) is 6. The molecule has 2 aromatic carbocycles. The van der Waals surface area contributed by atoms with E-state index < -0.39 is 0 Å². The van der Waals surface area contributed by atoms with Crippen molar-refractivity contribution in [2.45, 2.75) is 0 Å². The van der Waals surface area contributed by atoms with E-state index in [0.717, 1.165) is 40.9 Å². The molecule has 4 rings (SSSR count). The lowest BCUT2D eigenvalue weighted by Gasteiger charge is -2.11. The number of halogens is 1. The van der Waals surface area contributed by atoms with Crippen molar-refractivity contribution >= 4 is 45.5 Å². The Balaban J connectivity index is 1.31. The van der Waals surface area contributed by atoms with Gasteiger partial charge in [-0.2, -0.15) is 0 Å². The van der Waals surface area contributed by atoms with Crippen molar-refractivity contribution in [3.8, 4) is 11.3 Å². The normalized spacial score (nSPS) is 14.0. The molecule has 2 heterocycles. The number of carbonyl (C=O) groups is 1. The summed E-state index contributed by atoms with van der Waals surface area (Å²) in [5, 5.41) is 12.4. The van der Waals surface area contributed by atoms with Crippen LogP contribution in [0.15, 0.2) is 53.9 Å². The first-order valence-electron chi connectivity index (χ1n) is 9.25. The van der Waals surface area contributed by atoms with Gasteiger partial charge in [0.1, 0.15) is 0 Å². The van der Waals surface area contributed by atoms with Crippen LogP contribution in [-0.4, -0.2) is 30.6 Å². The van der Waals surface area contributed by atoms with Crippen LogP contribution < -0.4 is 26.8 Å². The quantitative estimate of drug-likeness (QED) is 0.408. The summed E-state index contributed by atoms with van der Waals surface area (Å²) in [5.41, 5.74) is 9.46. The summed E-state index contributed by atoms with van der Waals surface area (Å²) in [7, 11) is 0. The Morgan fingerprint density at radius 1 is 1.10 bits per heavy atom. The average molecular weight is 429 g/mol. The summed E-state index contributed by atoms with van der Waals surface area (Å²) in [6.45, 7) is 2.34. The van der Waals surface area contributed by atoms with Gasteiger partial charge in [0.2, 0.25) is 0 Å². The number of thiazole rings is 1. The lowest BCUT2D eigenvalue weighted by Crippen LogP contribution is -2.34. The van der Waals surface area contributed by atoms with Crippen molar-refractivity contribution in [1.82, 2.24) is 21.2 Å². The molecule has 1 aromatic heterocycles. The number of aromatic nitrogens is 1. The Morgan fingerprint density at radius 2 is 1.83 bits per heavy atom. The fourth-order valence-corrected chi connectivity index (χ4v) is 3.91. The molecular weight excluding hydrogens is 408 g/mol. The van der Waals surface area contributed by atoms with Gasteiger partial charge in [-0.15, -0.1) is 11.3 Å². The Hall–Kier alpha value is -2.65. The Bertz CT molecular complexity index is 971. The summed E-state index contributed by atoms with van der Waals surface area (Å²) < 4.78 is 0. The minimum absolute atomic E-state index is 0.207. The molecule has 1 fully saturated rings. The van der Waals surface area contributed by atoms with Crippen molar-refractivity contribution in [3.05, 3.63) is 58.9 Å². The van der Waals surface area contributed by atoms with Crippen LogP contribution in [-0.2, 0) is 0 Å². The van der Waals surface area contributed by atoms with Crippen molar-refractivity contribution in [1.29, 1.82) is 0 Å². The van der Waals surface area contributed by atoms with E-state index in [9.17, 15) is 4.79 Å². The molecule has 0 aliphatic carbocycles. The van der Waals surface area contributed by atoms with E-state index >= 15 is 0 Å². The van der Waals surface area contributed by atoms with Gasteiger partial charge >= 0.3 is 6.03 Å². The highest BCUT2D eigenvalue weighted by molar-refractivity contribution is 7.14. The first-order valence-corrected chi connectivity index (χ1v) is 10.5. The first kappa shape index (κ1) is 19.7. The zero-order valence-corrected chi connectivity index (χ0v) is 17.1. The van der Waals surface area contributed by atoms with Gasteiger partial charge < -0.3 is 16.0 Å². The molecule has 1 saturated heterocycles. The summed E-state index contributed by atoms with van der Waals surface area (Å²) in [6.07, 6.45) is 0. The molecule has 5 N–H and O–H groups in total. The molecule has 2 amide bonds. The fourth-order valence-electron chi connectivity index (χ4n) is 2.95. The third-order valence-electron chi connectivity index (χ3n) is 4.51. The maximum absolute atomic E-state index is 12.0. The monoisotopic (exact) mass is 428 g/mol. The highest BCUT2D eigenvalue weighted by Crippen LogP contribution is 2.31. The number of anilines is 3. The third-order valence-corrected chi connectivity index (χ3v) is 5.59. The molecule has 1 aliphatic heterocycles. The SMILES string of the molecule is O=C(NCC1CNNC1)Nc1ccc(Nc2nc(-c3ccccc3Cl)cs2)cc1. The Kier molecular flexibility index (Phi) is 6.26. The minimum Gasteiger partial charge on any atom is -0.337 e. The van der Waals surface area contributed by atoms with Crippen LogP contribution in [0, 0.1) is 5.92 Å². The van der Waals surface area contributed by atoms with E-state index in [1.54, 1.807) is 0 Å². The predicted octanol–water partition coefficient (Wildman–Crippen LogP) is 4.05. The van der Waals surface area contributed by atoms with Gasteiger partial charge in [0, 0.05) is 52.9 Å². The molecule has 1 aliphatic rings. The van der Waals surface area contributed by atoms with E-state index in [4.69, 9.17) is 11.6 Å². The molecular formula is C20H21ClN6OS. The molecule has 3 aromatic rings. The molecule has 9 heteroatoms. The number of rotatable bonds is 6. The Labute approximate surface area is 177 Å². The molecule has 7 nitrogen and oxygen atoms in total. The predicted molar refractivity (Wildman–Crippen MR) is 119 cm³/mol. The zero-order valence-electron chi connectivity index (χ0n) is 15.5. The van der Waals surface area contributed by atoms with Crippen molar-refractivity contribution < 1.29 is 4.79 Å². The number of urea groups is 1. The summed E-state index contributed by atoms with van der Waals surface area (Å²) in [5.74, 6) is 0.404. The van der Waals surface area contributed by atoms with Crippen molar-refractivity contribution in [2.75, 3.05) is 30.3 Å². The standard InChI is InChI=1S/C20H21ClN6OS/c21-17-4-2-1-3-16(17)18-12-29-20(27-18)26-15-7-5-14(6-8-15)25-19(28)22-9-13-10-23-24-11-13/h1-8,12-13,23-24H,9-11H2,(H,26,27)(H2,22,25,28). The van der Waals surface area contributed by atoms with Gasteiger partial charge in [0.05, 0.1) is 5.69 Å². The van der Waals surface area contributed by atoms with Crippen molar-refractivity contribution in [3.63, 3.8) is 0 Å². The number of carbonyl (C=O) groups excluding carboxylic acids is 1. The summed E-state index contributed by atoms with van der Waals surface area (Å²) in [6, 6.07) is 14.9. The van der Waals surface area contributed by atoms with Crippen LogP contribution in [0.5, 0.6) is 0 Å². The number of benzene rings is 2. The molecule has 0 spiro atoms. The largest absolute Gasteiger partial charge is 0.337 e. The lowest BCUT2D eigenvalue weighted by molar-refractivity contribution is 0.250. The highest BCUT2D eigenvalue weighted by Gasteiger charge is 2.14. The second-order valence-corrected chi connectivity index (χ2v) is 7.95. The smallest absolute Gasteiger partial charge is 0.319 e. The molecule has 0 unspecified atom stereocenters. The number of hydrogen-bond donors (Lipinski definition) is 5. The number of amides is 2. The molecule has 150 valence electrons. The molecule has 0 atom stereocenters. The molecule has 0 bridgehead atoms.